The lowest BCUT2D eigenvalue weighted by atomic mass is 10.1. The van der Waals surface area contributed by atoms with Gasteiger partial charge in [-0.25, -0.2) is 4.79 Å². The molecule has 0 aliphatic rings. The van der Waals surface area contributed by atoms with Gasteiger partial charge in [0.25, 0.3) is 0 Å². The van der Waals surface area contributed by atoms with E-state index in [1.54, 1.807) is 6.92 Å². The van der Waals surface area contributed by atoms with Gasteiger partial charge in [0.1, 0.15) is 5.78 Å². The van der Waals surface area contributed by atoms with Crippen molar-refractivity contribution in [2.75, 3.05) is 13.2 Å². The molecule has 0 saturated carbocycles. The number of ketones is 1. The van der Waals surface area contributed by atoms with Crippen LogP contribution in [-0.4, -0.2) is 30.8 Å². The van der Waals surface area contributed by atoms with E-state index in [0.717, 1.165) is 6.08 Å². The fourth-order valence-electron chi connectivity index (χ4n) is 0.955. The monoisotopic (exact) mass is 241 g/mol. The molecule has 0 bridgehead atoms. The zero-order valence-corrected chi connectivity index (χ0v) is 10.5. The van der Waals surface area contributed by atoms with E-state index < -0.39 is 11.9 Å². The molecule has 0 aromatic rings. The van der Waals surface area contributed by atoms with Gasteiger partial charge in [-0.05, 0) is 13.8 Å². The first-order chi connectivity index (χ1) is 7.88. The molecule has 0 radical (unpaired) electrons. The minimum absolute atomic E-state index is 0.0120. The molecule has 0 aliphatic heterocycles. The van der Waals surface area contributed by atoms with Crippen molar-refractivity contribution in [2.45, 2.75) is 20.8 Å². The van der Waals surface area contributed by atoms with Crippen molar-refractivity contribution >= 4 is 17.7 Å². The number of ether oxygens (including phenoxy) is 1. The van der Waals surface area contributed by atoms with Crippen molar-refractivity contribution in [1.82, 2.24) is 5.32 Å². The lowest BCUT2D eigenvalue weighted by molar-refractivity contribution is -0.138. The van der Waals surface area contributed by atoms with Gasteiger partial charge in [-0.3, -0.25) is 9.59 Å². The molecule has 17 heavy (non-hydrogen) atoms. The third-order valence-corrected chi connectivity index (χ3v) is 2.30. The first-order valence-corrected chi connectivity index (χ1v) is 5.45. The third-order valence-electron chi connectivity index (χ3n) is 2.30. The zero-order chi connectivity index (χ0) is 13.4. The number of hydrogen-bond acceptors (Lipinski definition) is 4. The number of Topliss-reactive ketones (excluding diaryl/α,β-unsaturated/α-hetero) is 1. The standard InChI is InChI=1S/C12H19NO4/c1-5-11(15)17-7-8(2)6-13-12(16)9(3)10(4)14/h5,8-9H,1,6-7H2,2-4H3,(H,13,16). The zero-order valence-electron chi connectivity index (χ0n) is 10.5. The summed E-state index contributed by atoms with van der Waals surface area (Å²) in [5.74, 6) is -1.62. The van der Waals surface area contributed by atoms with Crippen molar-refractivity contribution in [2.24, 2.45) is 11.8 Å². The minimum Gasteiger partial charge on any atom is -0.462 e. The van der Waals surface area contributed by atoms with E-state index in [4.69, 9.17) is 4.74 Å². The van der Waals surface area contributed by atoms with Crippen LogP contribution in [-0.2, 0) is 19.1 Å². The summed E-state index contributed by atoms with van der Waals surface area (Å²) in [4.78, 5) is 33.1. The third kappa shape index (κ3) is 6.50. The quantitative estimate of drug-likeness (QED) is 0.404. The average molecular weight is 241 g/mol. The first kappa shape index (κ1) is 15.3. The first-order valence-electron chi connectivity index (χ1n) is 5.45. The fraction of sp³-hybridized carbons (Fsp3) is 0.583. The fourth-order valence-corrected chi connectivity index (χ4v) is 0.955. The Kier molecular flexibility index (Phi) is 6.86. The minimum atomic E-state index is -0.641. The van der Waals surface area contributed by atoms with Crippen LogP contribution in [0.2, 0.25) is 0 Å². The number of amides is 1. The molecule has 5 heteroatoms. The summed E-state index contributed by atoms with van der Waals surface area (Å²) >= 11 is 0. The van der Waals surface area contributed by atoms with Gasteiger partial charge in [0, 0.05) is 18.5 Å². The molecule has 1 amide bonds. The van der Waals surface area contributed by atoms with Crippen molar-refractivity contribution in [3.8, 4) is 0 Å². The predicted molar refractivity (Wildman–Crippen MR) is 63.2 cm³/mol. The maximum Gasteiger partial charge on any atom is 0.330 e. The molecule has 0 spiro atoms. The molecule has 0 heterocycles. The number of hydrogen-bond donors (Lipinski definition) is 1. The number of rotatable bonds is 7. The van der Waals surface area contributed by atoms with E-state index >= 15 is 0 Å². The van der Waals surface area contributed by atoms with Crippen LogP contribution in [0.1, 0.15) is 20.8 Å². The molecule has 1 N–H and O–H groups in total. The van der Waals surface area contributed by atoms with Crippen LogP contribution in [0.15, 0.2) is 12.7 Å². The molecule has 0 rings (SSSR count). The normalized spacial score (nSPS) is 13.4. The van der Waals surface area contributed by atoms with E-state index in [-0.39, 0.29) is 24.2 Å². The Hall–Kier alpha value is -1.65. The topological polar surface area (TPSA) is 72.5 Å². The molecule has 0 aliphatic carbocycles. The van der Waals surface area contributed by atoms with Crippen molar-refractivity contribution < 1.29 is 19.1 Å². The van der Waals surface area contributed by atoms with Gasteiger partial charge in [0.15, 0.2) is 0 Å². The molecule has 0 aromatic heterocycles. The van der Waals surface area contributed by atoms with Gasteiger partial charge in [-0.1, -0.05) is 13.5 Å². The number of esters is 1. The van der Waals surface area contributed by atoms with E-state index in [9.17, 15) is 14.4 Å². The second kappa shape index (κ2) is 7.60. The van der Waals surface area contributed by atoms with Crippen molar-refractivity contribution in [3.05, 3.63) is 12.7 Å². The second-order valence-electron chi connectivity index (χ2n) is 4.02. The maximum absolute atomic E-state index is 11.4. The highest BCUT2D eigenvalue weighted by Gasteiger charge is 2.17. The Morgan fingerprint density at radius 1 is 1.35 bits per heavy atom. The maximum atomic E-state index is 11.4. The number of carbonyl (C=O) groups excluding carboxylic acids is 3. The molecular weight excluding hydrogens is 222 g/mol. The Morgan fingerprint density at radius 3 is 2.41 bits per heavy atom. The summed E-state index contributed by atoms with van der Waals surface area (Å²) in [6.45, 7) is 8.60. The summed E-state index contributed by atoms with van der Waals surface area (Å²) < 4.78 is 4.82. The summed E-state index contributed by atoms with van der Waals surface area (Å²) in [7, 11) is 0. The summed E-state index contributed by atoms with van der Waals surface area (Å²) in [5.41, 5.74) is 0. The SMILES string of the molecule is C=CC(=O)OCC(C)CNC(=O)C(C)C(C)=O. The van der Waals surface area contributed by atoms with Gasteiger partial charge in [0.05, 0.1) is 12.5 Å². The highest BCUT2D eigenvalue weighted by Crippen LogP contribution is 1.99. The van der Waals surface area contributed by atoms with E-state index in [1.807, 2.05) is 6.92 Å². The lowest BCUT2D eigenvalue weighted by Crippen LogP contribution is -2.36. The van der Waals surface area contributed by atoms with Crippen LogP contribution in [0.25, 0.3) is 0 Å². The van der Waals surface area contributed by atoms with Gasteiger partial charge in [-0.15, -0.1) is 0 Å². The van der Waals surface area contributed by atoms with Gasteiger partial charge < -0.3 is 10.1 Å². The van der Waals surface area contributed by atoms with Gasteiger partial charge in [-0.2, -0.15) is 0 Å². The van der Waals surface area contributed by atoms with E-state index in [2.05, 4.69) is 11.9 Å². The summed E-state index contributed by atoms with van der Waals surface area (Å²) in [6, 6.07) is 0. The molecule has 5 nitrogen and oxygen atoms in total. The molecule has 0 fully saturated rings. The highest BCUT2D eigenvalue weighted by atomic mass is 16.5. The second-order valence-corrected chi connectivity index (χ2v) is 4.02. The molecule has 2 unspecified atom stereocenters. The Morgan fingerprint density at radius 2 is 1.94 bits per heavy atom. The predicted octanol–water partition coefficient (Wildman–Crippen LogP) is 0.693. The van der Waals surface area contributed by atoms with Crippen LogP contribution < -0.4 is 5.32 Å². The summed E-state index contributed by atoms with van der Waals surface area (Å²) in [6.07, 6.45) is 1.09. The van der Waals surface area contributed by atoms with Crippen molar-refractivity contribution in [3.63, 3.8) is 0 Å². The highest BCUT2D eigenvalue weighted by molar-refractivity contribution is 5.99. The number of carbonyl (C=O) groups is 3. The Bertz CT molecular complexity index is 312. The van der Waals surface area contributed by atoms with Crippen LogP contribution in [0.3, 0.4) is 0 Å². The molecule has 0 saturated heterocycles. The lowest BCUT2D eigenvalue weighted by Gasteiger charge is -2.14. The summed E-state index contributed by atoms with van der Waals surface area (Å²) in [5, 5.41) is 2.63. The average Bonchev–Trinajstić information content (AvgIpc) is 2.31. The van der Waals surface area contributed by atoms with Crippen LogP contribution in [0, 0.1) is 11.8 Å². The Labute approximate surface area is 101 Å². The van der Waals surface area contributed by atoms with Crippen molar-refractivity contribution in [1.29, 1.82) is 0 Å². The Balaban J connectivity index is 3.87. The molecular formula is C12H19NO4. The molecule has 2 atom stereocenters. The van der Waals surface area contributed by atoms with Crippen LogP contribution >= 0.6 is 0 Å². The molecule has 0 aromatic carbocycles. The van der Waals surface area contributed by atoms with Crippen LogP contribution in [0.5, 0.6) is 0 Å². The number of nitrogens with one attached hydrogen (secondary N) is 1. The van der Waals surface area contributed by atoms with Gasteiger partial charge >= 0.3 is 5.97 Å². The smallest absolute Gasteiger partial charge is 0.330 e. The van der Waals surface area contributed by atoms with E-state index in [1.165, 1.54) is 6.92 Å². The molecule has 96 valence electrons. The largest absolute Gasteiger partial charge is 0.462 e. The van der Waals surface area contributed by atoms with Gasteiger partial charge in [0.2, 0.25) is 5.91 Å². The van der Waals surface area contributed by atoms with Crippen LogP contribution in [0.4, 0.5) is 0 Å². The van der Waals surface area contributed by atoms with E-state index in [0.29, 0.717) is 6.54 Å².